The second-order valence-electron chi connectivity index (χ2n) is 4.47. The number of carbonyl (C=O) groups excluding carboxylic acids is 1. The lowest BCUT2D eigenvalue weighted by Crippen LogP contribution is -2.25. The molecule has 3 heteroatoms. The molecule has 0 heterocycles. The summed E-state index contributed by atoms with van der Waals surface area (Å²) < 4.78 is 0. The van der Waals surface area contributed by atoms with Crippen molar-refractivity contribution in [2.45, 2.75) is 51.4 Å². The van der Waals surface area contributed by atoms with E-state index in [0.29, 0.717) is 6.42 Å². The number of nitrogens with one attached hydrogen (secondary N) is 1. The Labute approximate surface area is 92.3 Å². The molecule has 1 aliphatic carbocycles. The maximum Gasteiger partial charge on any atom is 0.219 e. The molecule has 0 bridgehead atoms. The monoisotopic (exact) mass is 213 g/mol. The number of hydrogen-bond donors (Lipinski definition) is 2. The van der Waals surface area contributed by atoms with Crippen LogP contribution in [0.5, 0.6) is 0 Å². The van der Waals surface area contributed by atoms with Gasteiger partial charge in [0.05, 0.1) is 0 Å². The molecule has 1 amide bonds. The fourth-order valence-electron chi connectivity index (χ4n) is 2.20. The number of carbonyl (C=O) groups is 1. The molecule has 0 aromatic rings. The maximum atomic E-state index is 11.3. The van der Waals surface area contributed by atoms with E-state index in [9.17, 15) is 4.79 Å². The van der Waals surface area contributed by atoms with Crippen molar-refractivity contribution in [2.75, 3.05) is 13.2 Å². The Bertz CT molecular complexity index is 176. The number of aliphatic hydroxyl groups excluding tert-OH is 1. The van der Waals surface area contributed by atoms with Crippen molar-refractivity contribution in [3.63, 3.8) is 0 Å². The van der Waals surface area contributed by atoms with Crippen LogP contribution in [0.2, 0.25) is 0 Å². The minimum atomic E-state index is 0.140. The molecule has 0 saturated heterocycles. The Morgan fingerprint density at radius 1 is 1.27 bits per heavy atom. The zero-order chi connectivity index (χ0) is 10.9. The van der Waals surface area contributed by atoms with Crippen molar-refractivity contribution < 1.29 is 9.90 Å². The van der Waals surface area contributed by atoms with E-state index in [1.54, 1.807) is 0 Å². The smallest absolute Gasteiger partial charge is 0.219 e. The Kier molecular flexibility index (Phi) is 6.41. The van der Waals surface area contributed by atoms with Crippen molar-refractivity contribution in [3.05, 3.63) is 0 Å². The summed E-state index contributed by atoms with van der Waals surface area (Å²) in [6.07, 6.45) is 8.67. The molecule has 0 aromatic heterocycles. The SMILES string of the molecule is O=C(CCCCO)NCCC1CCCC1. The predicted octanol–water partition coefficient (Wildman–Crippen LogP) is 1.85. The van der Waals surface area contributed by atoms with Gasteiger partial charge in [-0.05, 0) is 25.2 Å². The Morgan fingerprint density at radius 2 is 2.00 bits per heavy atom. The lowest BCUT2D eigenvalue weighted by atomic mass is 10.0. The van der Waals surface area contributed by atoms with Crippen molar-refractivity contribution >= 4 is 5.91 Å². The molecule has 0 aliphatic heterocycles. The quantitative estimate of drug-likeness (QED) is 0.634. The highest BCUT2D eigenvalue weighted by Gasteiger charge is 2.14. The van der Waals surface area contributed by atoms with Crippen molar-refractivity contribution in [1.82, 2.24) is 5.32 Å². The van der Waals surface area contributed by atoms with Crippen LogP contribution in [0.1, 0.15) is 51.4 Å². The van der Waals surface area contributed by atoms with Gasteiger partial charge in [0.2, 0.25) is 5.91 Å². The van der Waals surface area contributed by atoms with Gasteiger partial charge in [0.15, 0.2) is 0 Å². The van der Waals surface area contributed by atoms with Crippen LogP contribution in [0.25, 0.3) is 0 Å². The largest absolute Gasteiger partial charge is 0.396 e. The Hall–Kier alpha value is -0.570. The van der Waals surface area contributed by atoms with Crippen LogP contribution in [0, 0.1) is 5.92 Å². The normalized spacial score (nSPS) is 16.9. The summed E-state index contributed by atoms with van der Waals surface area (Å²) in [5.74, 6) is 0.990. The summed E-state index contributed by atoms with van der Waals surface area (Å²) in [5, 5.41) is 11.5. The van der Waals surface area contributed by atoms with Crippen LogP contribution in [0.4, 0.5) is 0 Å². The van der Waals surface area contributed by atoms with E-state index >= 15 is 0 Å². The summed E-state index contributed by atoms with van der Waals surface area (Å²) in [5.41, 5.74) is 0. The summed E-state index contributed by atoms with van der Waals surface area (Å²) in [6.45, 7) is 1.03. The zero-order valence-corrected chi connectivity index (χ0v) is 9.50. The third-order valence-electron chi connectivity index (χ3n) is 3.16. The van der Waals surface area contributed by atoms with E-state index < -0.39 is 0 Å². The van der Waals surface area contributed by atoms with Gasteiger partial charge < -0.3 is 10.4 Å². The number of rotatable bonds is 7. The highest BCUT2D eigenvalue weighted by Crippen LogP contribution is 2.26. The lowest BCUT2D eigenvalue weighted by Gasteiger charge is -2.09. The minimum Gasteiger partial charge on any atom is -0.396 e. The molecule has 1 fully saturated rings. The predicted molar refractivity (Wildman–Crippen MR) is 60.5 cm³/mol. The molecule has 0 aromatic carbocycles. The van der Waals surface area contributed by atoms with Gasteiger partial charge in [-0.3, -0.25) is 4.79 Å². The van der Waals surface area contributed by atoms with E-state index in [-0.39, 0.29) is 12.5 Å². The second-order valence-corrected chi connectivity index (χ2v) is 4.47. The van der Waals surface area contributed by atoms with E-state index in [1.807, 2.05) is 0 Å². The third-order valence-corrected chi connectivity index (χ3v) is 3.16. The highest BCUT2D eigenvalue weighted by atomic mass is 16.2. The molecule has 0 spiro atoms. The molecule has 3 nitrogen and oxygen atoms in total. The van der Waals surface area contributed by atoms with Crippen molar-refractivity contribution in [3.8, 4) is 0 Å². The minimum absolute atomic E-state index is 0.140. The molecule has 0 radical (unpaired) electrons. The average molecular weight is 213 g/mol. The summed E-state index contributed by atoms with van der Waals surface area (Å²) in [7, 11) is 0. The molecule has 2 N–H and O–H groups in total. The van der Waals surface area contributed by atoms with Gasteiger partial charge in [0.1, 0.15) is 0 Å². The van der Waals surface area contributed by atoms with Crippen LogP contribution < -0.4 is 5.32 Å². The van der Waals surface area contributed by atoms with Crippen LogP contribution in [0.15, 0.2) is 0 Å². The van der Waals surface area contributed by atoms with Gasteiger partial charge in [0.25, 0.3) is 0 Å². The maximum absolute atomic E-state index is 11.3. The summed E-state index contributed by atoms with van der Waals surface area (Å²) >= 11 is 0. The average Bonchev–Trinajstić information content (AvgIpc) is 2.71. The van der Waals surface area contributed by atoms with E-state index in [1.165, 1.54) is 25.7 Å². The first-order valence-electron chi connectivity index (χ1n) is 6.20. The molecular weight excluding hydrogens is 190 g/mol. The Morgan fingerprint density at radius 3 is 2.67 bits per heavy atom. The van der Waals surface area contributed by atoms with E-state index in [4.69, 9.17) is 5.11 Å². The van der Waals surface area contributed by atoms with Crippen LogP contribution in [-0.2, 0) is 4.79 Å². The first-order chi connectivity index (χ1) is 7.33. The molecule has 15 heavy (non-hydrogen) atoms. The number of amides is 1. The van der Waals surface area contributed by atoms with Crippen molar-refractivity contribution in [1.29, 1.82) is 0 Å². The zero-order valence-electron chi connectivity index (χ0n) is 9.50. The summed E-state index contributed by atoms with van der Waals surface area (Å²) in [4.78, 5) is 11.3. The van der Waals surface area contributed by atoms with Gasteiger partial charge in [-0.15, -0.1) is 0 Å². The number of aliphatic hydroxyl groups is 1. The first-order valence-corrected chi connectivity index (χ1v) is 6.20. The van der Waals surface area contributed by atoms with E-state index in [0.717, 1.165) is 31.7 Å². The van der Waals surface area contributed by atoms with Gasteiger partial charge >= 0.3 is 0 Å². The standard InChI is InChI=1S/C12H23NO2/c14-10-4-3-7-12(15)13-9-8-11-5-1-2-6-11/h11,14H,1-10H2,(H,13,15). The van der Waals surface area contributed by atoms with Crippen LogP contribution in [-0.4, -0.2) is 24.2 Å². The van der Waals surface area contributed by atoms with Gasteiger partial charge in [-0.25, -0.2) is 0 Å². The molecule has 1 saturated carbocycles. The van der Waals surface area contributed by atoms with Gasteiger partial charge in [-0.2, -0.15) is 0 Å². The lowest BCUT2D eigenvalue weighted by molar-refractivity contribution is -0.121. The molecule has 0 atom stereocenters. The fourth-order valence-corrected chi connectivity index (χ4v) is 2.20. The number of unbranched alkanes of at least 4 members (excludes halogenated alkanes) is 1. The third kappa shape index (κ3) is 5.78. The Balaban J connectivity index is 1.91. The fraction of sp³-hybridized carbons (Fsp3) is 0.917. The molecule has 0 unspecified atom stereocenters. The van der Waals surface area contributed by atoms with Gasteiger partial charge in [0, 0.05) is 19.6 Å². The van der Waals surface area contributed by atoms with Crippen LogP contribution in [0.3, 0.4) is 0 Å². The van der Waals surface area contributed by atoms with Crippen LogP contribution >= 0.6 is 0 Å². The highest BCUT2D eigenvalue weighted by molar-refractivity contribution is 5.75. The molecule has 1 aliphatic rings. The van der Waals surface area contributed by atoms with E-state index in [2.05, 4.69) is 5.32 Å². The van der Waals surface area contributed by atoms with Gasteiger partial charge in [-0.1, -0.05) is 25.7 Å². The second kappa shape index (κ2) is 7.69. The molecule has 1 rings (SSSR count). The first kappa shape index (κ1) is 12.5. The number of hydrogen-bond acceptors (Lipinski definition) is 2. The molecule has 88 valence electrons. The molecular formula is C12H23NO2. The van der Waals surface area contributed by atoms with Crippen molar-refractivity contribution in [2.24, 2.45) is 5.92 Å². The summed E-state index contributed by atoms with van der Waals surface area (Å²) in [6, 6.07) is 0. The topological polar surface area (TPSA) is 49.3 Å².